The first-order valence-electron chi connectivity index (χ1n) is 14.1. The normalized spacial score (nSPS) is 11.7. The fraction of sp³-hybridized carbons (Fsp3) is 0.265. The standard InChI is InChI=1S/C34H34Cl2N2O6S/c1-34(2,3)44-32(40)21-38(45(42,43)26-19-24(35)18-25(36)20-26)30-14-8-11-27-28(30)12-7-13-29(27)31(39)16-15-22-9-6-10-23(17-22)33(41)37(4)5/h6-14,17-20H,15-16,21H2,1-5H3. The fourth-order valence-corrected chi connectivity index (χ4v) is 7.02. The summed E-state index contributed by atoms with van der Waals surface area (Å²) in [5.41, 5.74) is 1.09. The molecular weight excluding hydrogens is 635 g/mol. The van der Waals surface area contributed by atoms with Crippen molar-refractivity contribution in [2.45, 2.75) is 44.1 Å². The van der Waals surface area contributed by atoms with Crippen LogP contribution in [-0.2, 0) is 26.0 Å². The van der Waals surface area contributed by atoms with Crippen LogP contribution in [0, 0.1) is 0 Å². The van der Waals surface area contributed by atoms with Gasteiger partial charge in [0, 0.05) is 47.1 Å². The number of aryl methyl sites for hydroxylation is 1. The van der Waals surface area contributed by atoms with Gasteiger partial charge in [-0.1, -0.05) is 65.7 Å². The van der Waals surface area contributed by atoms with E-state index < -0.39 is 28.1 Å². The largest absolute Gasteiger partial charge is 0.459 e. The lowest BCUT2D eigenvalue weighted by molar-refractivity contribution is -0.152. The van der Waals surface area contributed by atoms with Crippen molar-refractivity contribution < 1.29 is 27.5 Å². The van der Waals surface area contributed by atoms with Crippen LogP contribution in [0.25, 0.3) is 10.8 Å². The van der Waals surface area contributed by atoms with Gasteiger partial charge in [-0.3, -0.25) is 18.7 Å². The Kier molecular flexibility index (Phi) is 10.3. The molecule has 1 amide bonds. The second-order valence-electron chi connectivity index (χ2n) is 11.7. The summed E-state index contributed by atoms with van der Waals surface area (Å²) in [6.45, 7) is 4.43. The number of carbonyl (C=O) groups is 3. The summed E-state index contributed by atoms with van der Waals surface area (Å²) in [7, 11) is -1.03. The molecular formula is C34H34Cl2N2O6S. The summed E-state index contributed by atoms with van der Waals surface area (Å²) in [5, 5.41) is 1.19. The molecule has 0 heterocycles. The lowest BCUT2D eigenvalue weighted by Crippen LogP contribution is -2.39. The van der Waals surface area contributed by atoms with Crippen LogP contribution >= 0.6 is 23.2 Å². The maximum atomic E-state index is 14.1. The average Bonchev–Trinajstić information content (AvgIpc) is 2.96. The van der Waals surface area contributed by atoms with Crippen molar-refractivity contribution in [1.82, 2.24) is 4.90 Å². The minimum Gasteiger partial charge on any atom is -0.459 e. The predicted octanol–water partition coefficient (Wildman–Crippen LogP) is 7.20. The van der Waals surface area contributed by atoms with Gasteiger partial charge in [0.05, 0.1) is 10.6 Å². The Hall–Kier alpha value is -3.92. The van der Waals surface area contributed by atoms with Gasteiger partial charge >= 0.3 is 5.97 Å². The Morgan fingerprint density at radius 1 is 0.822 bits per heavy atom. The van der Waals surface area contributed by atoms with Crippen molar-refractivity contribution in [3.8, 4) is 0 Å². The van der Waals surface area contributed by atoms with Crippen molar-refractivity contribution in [2.24, 2.45) is 0 Å². The van der Waals surface area contributed by atoms with Crippen LogP contribution < -0.4 is 4.31 Å². The van der Waals surface area contributed by atoms with Crippen molar-refractivity contribution in [1.29, 1.82) is 0 Å². The minimum absolute atomic E-state index is 0.112. The second-order valence-corrected chi connectivity index (χ2v) is 14.4. The van der Waals surface area contributed by atoms with E-state index in [0.717, 1.165) is 9.87 Å². The molecule has 0 aromatic heterocycles. The fourth-order valence-electron chi connectivity index (χ4n) is 4.86. The number of halogens is 2. The molecule has 8 nitrogen and oxygen atoms in total. The zero-order valence-electron chi connectivity index (χ0n) is 25.6. The lowest BCUT2D eigenvalue weighted by atomic mass is 9.96. The number of ketones is 1. The van der Waals surface area contributed by atoms with Gasteiger partial charge in [0.25, 0.3) is 15.9 Å². The van der Waals surface area contributed by atoms with Crippen LogP contribution in [0.15, 0.2) is 83.8 Å². The number of hydrogen-bond donors (Lipinski definition) is 0. The molecule has 0 spiro atoms. The molecule has 4 rings (SSSR count). The van der Waals surface area contributed by atoms with E-state index in [1.807, 2.05) is 6.07 Å². The highest BCUT2D eigenvalue weighted by Crippen LogP contribution is 2.35. The van der Waals surface area contributed by atoms with E-state index in [1.165, 1.54) is 23.1 Å². The summed E-state index contributed by atoms with van der Waals surface area (Å²) < 4.78 is 34.6. The van der Waals surface area contributed by atoms with Crippen LogP contribution in [0.3, 0.4) is 0 Å². The molecule has 0 aliphatic heterocycles. The number of sulfonamides is 1. The highest BCUT2D eigenvalue weighted by molar-refractivity contribution is 7.93. The minimum atomic E-state index is -4.39. The molecule has 45 heavy (non-hydrogen) atoms. The quantitative estimate of drug-likeness (QED) is 0.131. The molecule has 0 unspecified atom stereocenters. The number of nitrogens with zero attached hydrogens (tertiary/aromatic N) is 2. The van der Waals surface area contributed by atoms with E-state index >= 15 is 0 Å². The average molecular weight is 670 g/mol. The Labute approximate surface area is 273 Å². The van der Waals surface area contributed by atoms with E-state index in [4.69, 9.17) is 27.9 Å². The molecule has 4 aromatic rings. The predicted molar refractivity (Wildman–Crippen MR) is 178 cm³/mol. The molecule has 11 heteroatoms. The SMILES string of the molecule is CN(C)C(=O)c1cccc(CCC(=O)c2cccc3c(N(CC(=O)OC(C)(C)C)S(=O)(=O)c4cc(Cl)cc(Cl)c4)cccc23)c1. The third kappa shape index (κ3) is 8.22. The number of fused-ring (bicyclic) bond motifs is 1. The molecule has 4 aromatic carbocycles. The summed E-state index contributed by atoms with van der Waals surface area (Å²) in [4.78, 5) is 40.3. The highest BCUT2D eigenvalue weighted by atomic mass is 35.5. The molecule has 0 saturated heterocycles. The van der Waals surface area contributed by atoms with Gasteiger partial charge in [-0.15, -0.1) is 0 Å². The number of anilines is 1. The number of hydrogen-bond acceptors (Lipinski definition) is 6. The first-order chi connectivity index (χ1) is 21.1. The zero-order chi connectivity index (χ0) is 33.1. The lowest BCUT2D eigenvalue weighted by Gasteiger charge is -2.27. The van der Waals surface area contributed by atoms with Crippen molar-refractivity contribution >= 4 is 67.3 Å². The van der Waals surface area contributed by atoms with E-state index in [0.29, 0.717) is 28.3 Å². The van der Waals surface area contributed by atoms with E-state index in [1.54, 1.807) is 89.5 Å². The number of rotatable bonds is 10. The topological polar surface area (TPSA) is 101 Å². The van der Waals surface area contributed by atoms with Gasteiger partial charge < -0.3 is 9.64 Å². The molecule has 0 N–H and O–H groups in total. The van der Waals surface area contributed by atoms with Crippen LogP contribution in [0.2, 0.25) is 10.0 Å². The van der Waals surface area contributed by atoms with Gasteiger partial charge in [-0.05, 0) is 74.5 Å². The smallest absolute Gasteiger partial charge is 0.327 e. The number of ether oxygens (including phenoxy) is 1. The third-order valence-electron chi connectivity index (χ3n) is 6.81. The maximum Gasteiger partial charge on any atom is 0.327 e. The molecule has 0 aliphatic carbocycles. The van der Waals surface area contributed by atoms with Crippen molar-refractivity contribution in [3.63, 3.8) is 0 Å². The number of carbonyl (C=O) groups excluding carboxylic acids is 3. The summed E-state index contributed by atoms with van der Waals surface area (Å²) in [5.74, 6) is -1.06. The second kappa shape index (κ2) is 13.6. The third-order valence-corrected chi connectivity index (χ3v) is 8.98. The number of Topliss-reactive ketones (excluding diaryl/α,β-unsaturated/α-hetero) is 1. The van der Waals surface area contributed by atoms with E-state index in [2.05, 4.69) is 0 Å². The van der Waals surface area contributed by atoms with Gasteiger partial charge in [0.1, 0.15) is 12.1 Å². The Balaban J connectivity index is 1.74. The zero-order valence-corrected chi connectivity index (χ0v) is 28.0. The van der Waals surface area contributed by atoms with Crippen LogP contribution in [-0.4, -0.2) is 57.2 Å². The summed E-state index contributed by atoms with van der Waals surface area (Å²) >= 11 is 12.3. The van der Waals surface area contributed by atoms with Crippen molar-refractivity contribution in [3.05, 3.63) is 106 Å². The summed E-state index contributed by atoms with van der Waals surface area (Å²) in [6, 6.07) is 21.1. The van der Waals surface area contributed by atoms with E-state index in [-0.39, 0.29) is 38.7 Å². The van der Waals surface area contributed by atoms with Crippen molar-refractivity contribution in [2.75, 3.05) is 24.9 Å². The first-order valence-corrected chi connectivity index (χ1v) is 16.3. The maximum absolute atomic E-state index is 14.1. The Bertz CT molecular complexity index is 1860. The molecule has 0 bridgehead atoms. The van der Waals surface area contributed by atoms with Gasteiger partial charge in [-0.25, -0.2) is 8.42 Å². The van der Waals surface area contributed by atoms with Crippen LogP contribution in [0.4, 0.5) is 5.69 Å². The van der Waals surface area contributed by atoms with E-state index in [9.17, 15) is 22.8 Å². The molecule has 0 saturated carbocycles. The number of benzene rings is 4. The number of esters is 1. The molecule has 236 valence electrons. The summed E-state index contributed by atoms with van der Waals surface area (Å²) in [6.07, 6.45) is 0.558. The monoisotopic (exact) mass is 668 g/mol. The van der Waals surface area contributed by atoms with Crippen LogP contribution in [0.5, 0.6) is 0 Å². The highest BCUT2D eigenvalue weighted by Gasteiger charge is 2.31. The Morgan fingerprint density at radius 3 is 2.09 bits per heavy atom. The van der Waals surface area contributed by atoms with Gasteiger partial charge in [-0.2, -0.15) is 0 Å². The Morgan fingerprint density at radius 2 is 1.44 bits per heavy atom. The van der Waals surface area contributed by atoms with Crippen LogP contribution in [0.1, 0.15) is 53.5 Å². The number of amides is 1. The molecule has 0 fully saturated rings. The van der Waals surface area contributed by atoms with Gasteiger partial charge in [0.2, 0.25) is 0 Å². The molecule has 0 aliphatic rings. The molecule has 0 radical (unpaired) electrons. The first kappa shape index (κ1) is 34.0. The molecule has 0 atom stereocenters. The van der Waals surface area contributed by atoms with Gasteiger partial charge in [0.15, 0.2) is 5.78 Å².